The molecule has 0 bridgehead atoms. The van der Waals surface area contributed by atoms with Crippen LogP contribution in [-0.2, 0) is 30.6 Å². The molecule has 1 aliphatic rings. The Hall–Kier alpha value is -2.17. The van der Waals surface area contributed by atoms with E-state index in [0.29, 0.717) is 0 Å². The van der Waals surface area contributed by atoms with Crippen LogP contribution in [0.4, 0.5) is 5.69 Å². The second-order valence-electron chi connectivity index (χ2n) is 5.23. The number of anilines is 1. The average molecular weight is 284 g/mol. The van der Waals surface area contributed by atoms with Gasteiger partial charge in [-0.3, -0.25) is 4.79 Å². The second kappa shape index (κ2) is 5.68. The first-order chi connectivity index (χ1) is 10.2. The fraction of sp³-hybridized carbons (Fsp3) is 0.438. The maximum atomic E-state index is 12.6. The Morgan fingerprint density at radius 1 is 1.24 bits per heavy atom. The largest absolute Gasteiger partial charge is 0.310 e. The highest BCUT2D eigenvalue weighted by Gasteiger charge is 2.25. The quantitative estimate of drug-likeness (QED) is 0.862. The van der Waals surface area contributed by atoms with Crippen molar-refractivity contribution in [2.24, 2.45) is 0 Å². The summed E-state index contributed by atoms with van der Waals surface area (Å²) in [4.78, 5) is 18.9. The summed E-state index contributed by atoms with van der Waals surface area (Å²) in [5.74, 6) is 1.77. The lowest BCUT2D eigenvalue weighted by molar-refractivity contribution is -0.119. The van der Waals surface area contributed by atoms with E-state index in [0.717, 1.165) is 43.1 Å². The number of rotatable bonds is 4. The number of benzene rings is 1. The van der Waals surface area contributed by atoms with Gasteiger partial charge in [-0.25, -0.2) is 9.67 Å². The molecule has 5 heteroatoms. The number of para-hydroxylation sites is 1. The highest BCUT2D eigenvalue weighted by atomic mass is 16.2. The molecule has 0 atom stereocenters. The van der Waals surface area contributed by atoms with Crippen LogP contribution in [0.15, 0.2) is 24.3 Å². The monoisotopic (exact) mass is 284 g/mol. The molecule has 0 unspecified atom stereocenters. The molecule has 0 saturated carbocycles. The van der Waals surface area contributed by atoms with Gasteiger partial charge in [0.2, 0.25) is 5.91 Å². The molecule has 0 aliphatic carbocycles. The normalized spacial score (nSPS) is 13.5. The number of hydrogen-bond acceptors (Lipinski definition) is 3. The number of fused-ring (bicyclic) bond motifs is 1. The van der Waals surface area contributed by atoms with Crippen LogP contribution in [0.5, 0.6) is 0 Å². The summed E-state index contributed by atoms with van der Waals surface area (Å²) in [5, 5.41) is 4.42. The van der Waals surface area contributed by atoms with Crippen LogP contribution in [0.1, 0.15) is 31.1 Å². The van der Waals surface area contributed by atoms with Gasteiger partial charge in [0.25, 0.3) is 0 Å². The Kier molecular flexibility index (Phi) is 3.73. The van der Waals surface area contributed by atoms with Gasteiger partial charge in [0.1, 0.15) is 12.4 Å². The number of hydrogen-bond donors (Lipinski definition) is 0. The summed E-state index contributed by atoms with van der Waals surface area (Å²) in [6, 6.07) is 8.10. The molecule has 0 radical (unpaired) electrons. The topological polar surface area (TPSA) is 51.0 Å². The molecule has 21 heavy (non-hydrogen) atoms. The molecule has 1 aromatic carbocycles. The molecule has 3 rings (SSSR count). The lowest BCUT2D eigenvalue weighted by Gasteiger charge is -2.17. The van der Waals surface area contributed by atoms with E-state index in [-0.39, 0.29) is 12.5 Å². The summed E-state index contributed by atoms with van der Waals surface area (Å²) >= 11 is 0. The van der Waals surface area contributed by atoms with Crippen molar-refractivity contribution < 1.29 is 4.79 Å². The van der Waals surface area contributed by atoms with Gasteiger partial charge in [0.15, 0.2) is 5.82 Å². The summed E-state index contributed by atoms with van der Waals surface area (Å²) in [5.41, 5.74) is 2.28. The lowest BCUT2D eigenvalue weighted by atomic mass is 10.2. The van der Waals surface area contributed by atoms with Gasteiger partial charge in [-0.05, 0) is 18.1 Å². The number of aromatic nitrogens is 3. The minimum Gasteiger partial charge on any atom is -0.310 e. The molecular formula is C16H20N4O. The second-order valence-corrected chi connectivity index (χ2v) is 5.23. The van der Waals surface area contributed by atoms with E-state index in [1.807, 2.05) is 36.9 Å². The zero-order valence-electron chi connectivity index (χ0n) is 12.5. The first-order valence-corrected chi connectivity index (χ1v) is 7.53. The van der Waals surface area contributed by atoms with E-state index in [2.05, 4.69) is 16.1 Å². The number of amides is 1. The van der Waals surface area contributed by atoms with E-state index in [9.17, 15) is 4.79 Å². The molecule has 0 N–H and O–H groups in total. The van der Waals surface area contributed by atoms with Crippen molar-refractivity contribution in [3.63, 3.8) is 0 Å². The van der Waals surface area contributed by atoms with Gasteiger partial charge in [0.05, 0.1) is 0 Å². The standard InChI is InChI=1S/C16H20N4O/c1-3-14-17-15(4-2)20(18-14)11-16(21)19-10-9-12-7-5-6-8-13(12)19/h5-8H,3-4,9-11H2,1-2H3. The van der Waals surface area contributed by atoms with Crippen molar-refractivity contribution in [2.75, 3.05) is 11.4 Å². The molecule has 1 amide bonds. The zero-order chi connectivity index (χ0) is 14.8. The van der Waals surface area contributed by atoms with Crippen molar-refractivity contribution in [1.82, 2.24) is 14.8 Å². The van der Waals surface area contributed by atoms with E-state index < -0.39 is 0 Å². The summed E-state index contributed by atoms with van der Waals surface area (Å²) in [6.45, 7) is 5.09. The van der Waals surface area contributed by atoms with E-state index in [1.54, 1.807) is 4.68 Å². The Bertz CT molecular complexity index is 662. The molecular weight excluding hydrogens is 264 g/mol. The van der Waals surface area contributed by atoms with Crippen molar-refractivity contribution in [3.8, 4) is 0 Å². The third-order valence-corrected chi connectivity index (χ3v) is 3.90. The Labute approximate surface area is 124 Å². The van der Waals surface area contributed by atoms with Crippen LogP contribution in [0.25, 0.3) is 0 Å². The van der Waals surface area contributed by atoms with E-state index in [1.165, 1.54) is 5.56 Å². The molecule has 5 nitrogen and oxygen atoms in total. The van der Waals surface area contributed by atoms with Gasteiger partial charge >= 0.3 is 0 Å². The predicted octanol–water partition coefficient (Wildman–Crippen LogP) is 1.99. The number of carbonyl (C=O) groups is 1. The van der Waals surface area contributed by atoms with Crippen molar-refractivity contribution in [3.05, 3.63) is 41.5 Å². The molecule has 0 fully saturated rings. The summed E-state index contributed by atoms with van der Waals surface area (Å²) in [6.07, 6.45) is 2.51. The molecule has 2 heterocycles. The SMILES string of the molecule is CCc1nc(CC)n(CC(=O)N2CCc3ccccc32)n1. The fourth-order valence-corrected chi connectivity index (χ4v) is 2.77. The highest BCUT2D eigenvalue weighted by Crippen LogP contribution is 2.27. The third-order valence-electron chi connectivity index (χ3n) is 3.90. The average Bonchev–Trinajstić information content (AvgIpc) is 3.10. The summed E-state index contributed by atoms with van der Waals surface area (Å²) < 4.78 is 1.75. The van der Waals surface area contributed by atoms with Gasteiger partial charge in [-0.2, -0.15) is 5.10 Å². The smallest absolute Gasteiger partial charge is 0.248 e. The minimum atomic E-state index is 0.0854. The van der Waals surface area contributed by atoms with Crippen LogP contribution >= 0.6 is 0 Å². The highest BCUT2D eigenvalue weighted by molar-refractivity contribution is 5.95. The zero-order valence-corrected chi connectivity index (χ0v) is 12.5. The van der Waals surface area contributed by atoms with Gasteiger partial charge < -0.3 is 4.90 Å². The maximum absolute atomic E-state index is 12.6. The van der Waals surface area contributed by atoms with Crippen molar-refractivity contribution in [1.29, 1.82) is 0 Å². The van der Waals surface area contributed by atoms with Crippen LogP contribution in [0, 0.1) is 0 Å². The predicted molar refractivity (Wildman–Crippen MR) is 81.3 cm³/mol. The molecule has 1 aliphatic heterocycles. The van der Waals surface area contributed by atoms with Crippen LogP contribution in [0.3, 0.4) is 0 Å². The Morgan fingerprint density at radius 3 is 2.81 bits per heavy atom. The Morgan fingerprint density at radius 2 is 2.05 bits per heavy atom. The summed E-state index contributed by atoms with van der Waals surface area (Å²) in [7, 11) is 0. The molecule has 0 saturated heterocycles. The maximum Gasteiger partial charge on any atom is 0.248 e. The number of carbonyl (C=O) groups excluding carboxylic acids is 1. The third kappa shape index (κ3) is 2.55. The van der Waals surface area contributed by atoms with Gasteiger partial charge in [0, 0.05) is 25.1 Å². The molecule has 0 spiro atoms. The van der Waals surface area contributed by atoms with E-state index in [4.69, 9.17) is 0 Å². The van der Waals surface area contributed by atoms with Crippen molar-refractivity contribution >= 4 is 11.6 Å². The molecule has 110 valence electrons. The van der Waals surface area contributed by atoms with Crippen LogP contribution in [-0.4, -0.2) is 27.2 Å². The van der Waals surface area contributed by atoms with Crippen molar-refractivity contribution in [2.45, 2.75) is 39.7 Å². The minimum absolute atomic E-state index is 0.0854. The number of nitrogens with zero attached hydrogens (tertiary/aromatic N) is 4. The van der Waals surface area contributed by atoms with Crippen LogP contribution < -0.4 is 4.90 Å². The lowest BCUT2D eigenvalue weighted by Crippen LogP contribution is -2.33. The molecule has 1 aromatic heterocycles. The van der Waals surface area contributed by atoms with Gasteiger partial charge in [-0.15, -0.1) is 0 Å². The Balaban J connectivity index is 1.80. The van der Waals surface area contributed by atoms with E-state index >= 15 is 0 Å². The fourth-order valence-electron chi connectivity index (χ4n) is 2.77. The first kappa shape index (κ1) is 13.8. The van der Waals surface area contributed by atoms with Gasteiger partial charge in [-0.1, -0.05) is 32.0 Å². The van der Waals surface area contributed by atoms with Crippen LogP contribution in [0.2, 0.25) is 0 Å². The number of aryl methyl sites for hydroxylation is 2. The first-order valence-electron chi connectivity index (χ1n) is 7.53. The molecule has 2 aromatic rings.